The van der Waals surface area contributed by atoms with Crippen LogP contribution < -0.4 is 9.47 Å². The third-order valence-electron chi connectivity index (χ3n) is 1.81. The van der Waals surface area contributed by atoms with Crippen molar-refractivity contribution in [2.75, 3.05) is 13.2 Å². The van der Waals surface area contributed by atoms with Gasteiger partial charge in [-0.1, -0.05) is 6.92 Å². The molecule has 80 valence electrons. The second-order valence-corrected chi connectivity index (χ2v) is 3.12. The highest BCUT2D eigenvalue weighted by Gasteiger charge is 1.95. The largest absolute Gasteiger partial charge is 0.494 e. The van der Waals surface area contributed by atoms with E-state index in [2.05, 4.69) is 12.8 Å². The maximum Gasteiger partial charge on any atom is 0.119 e. The van der Waals surface area contributed by atoms with Crippen LogP contribution in [0.25, 0.3) is 0 Å². The molecular weight excluding hydrogens is 188 g/mol. The average Bonchev–Trinajstić information content (AvgIpc) is 2.28. The van der Waals surface area contributed by atoms with Crippen molar-refractivity contribution >= 4 is 0 Å². The van der Waals surface area contributed by atoms with E-state index in [1.54, 1.807) is 0 Å². The first kappa shape index (κ1) is 11.5. The number of ether oxygens (including phenoxy) is 2. The Labute approximate surface area is 91.2 Å². The maximum absolute atomic E-state index is 5.45. The first-order valence-corrected chi connectivity index (χ1v) is 5.16. The zero-order valence-electron chi connectivity index (χ0n) is 9.03. The molecule has 0 aliphatic carbocycles. The van der Waals surface area contributed by atoms with Crippen molar-refractivity contribution in [2.24, 2.45) is 0 Å². The molecule has 2 heteroatoms. The Balaban J connectivity index is 2.39. The van der Waals surface area contributed by atoms with Gasteiger partial charge in [-0.05, 0) is 30.7 Å². The summed E-state index contributed by atoms with van der Waals surface area (Å²) in [6.07, 6.45) is 6.77. The van der Waals surface area contributed by atoms with Gasteiger partial charge in [0, 0.05) is 6.42 Å². The normalized spacial score (nSPS) is 9.33. The molecule has 1 rings (SSSR count). The Hall–Kier alpha value is -1.62. The molecule has 0 bridgehead atoms. The Kier molecular flexibility index (Phi) is 5.18. The lowest BCUT2D eigenvalue weighted by molar-refractivity contribution is 0.312. The van der Waals surface area contributed by atoms with Gasteiger partial charge < -0.3 is 9.47 Å². The summed E-state index contributed by atoms with van der Waals surface area (Å²) in [6, 6.07) is 7.59. The molecule has 0 fully saturated rings. The van der Waals surface area contributed by atoms with Gasteiger partial charge in [-0.2, -0.15) is 0 Å². The molecule has 0 amide bonds. The third-order valence-corrected chi connectivity index (χ3v) is 1.81. The van der Waals surface area contributed by atoms with Gasteiger partial charge in [0.25, 0.3) is 0 Å². The van der Waals surface area contributed by atoms with Gasteiger partial charge in [-0.15, -0.1) is 12.3 Å². The van der Waals surface area contributed by atoms with Crippen LogP contribution in [0, 0.1) is 12.3 Å². The van der Waals surface area contributed by atoms with Crippen molar-refractivity contribution in [3.8, 4) is 23.8 Å². The zero-order valence-corrected chi connectivity index (χ0v) is 9.03. The standard InChI is InChI=1S/C13H16O2/c1-3-5-11-15-13-8-6-12(7-9-13)14-10-4-2/h1,6-9H,4-5,10-11H2,2H3. The van der Waals surface area contributed by atoms with Gasteiger partial charge in [-0.25, -0.2) is 0 Å². The highest BCUT2D eigenvalue weighted by atomic mass is 16.5. The monoisotopic (exact) mass is 204 g/mol. The number of terminal acetylenes is 1. The lowest BCUT2D eigenvalue weighted by Gasteiger charge is -2.06. The minimum Gasteiger partial charge on any atom is -0.494 e. The fourth-order valence-corrected chi connectivity index (χ4v) is 1.08. The lowest BCUT2D eigenvalue weighted by Crippen LogP contribution is -1.97. The molecule has 0 atom stereocenters. The molecular formula is C13H16O2. The van der Waals surface area contributed by atoms with Crippen LogP contribution in [0.5, 0.6) is 11.5 Å². The smallest absolute Gasteiger partial charge is 0.119 e. The van der Waals surface area contributed by atoms with E-state index in [4.69, 9.17) is 15.9 Å². The van der Waals surface area contributed by atoms with E-state index >= 15 is 0 Å². The molecule has 1 aromatic carbocycles. The number of benzene rings is 1. The fraction of sp³-hybridized carbons (Fsp3) is 0.385. The van der Waals surface area contributed by atoms with Gasteiger partial charge >= 0.3 is 0 Å². The molecule has 15 heavy (non-hydrogen) atoms. The summed E-state index contributed by atoms with van der Waals surface area (Å²) in [4.78, 5) is 0. The summed E-state index contributed by atoms with van der Waals surface area (Å²) < 4.78 is 10.9. The van der Waals surface area contributed by atoms with E-state index < -0.39 is 0 Å². The summed E-state index contributed by atoms with van der Waals surface area (Å²) in [7, 11) is 0. The van der Waals surface area contributed by atoms with Crippen molar-refractivity contribution in [3.05, 3.63) is 24.3 Å². The molecule has 0 radical (unpaired) electrons. The van der Waals surface area contributed by atoms with Crippen molar-refractivity contribution in [1.29, 1.82) is 0 Å². The van der Waals surface area contributed by atoms with Gasteiger partial charge in [0.05, 0.1) is 13.2 Å². The number of rotatable bonds is 6. The van der Waals surface area contributed by atoms with E-state index in [1.807, 2.05) is 24.3 Å². The van der Waals surface area contributed by atoms with Crippen LogP contribution in [0.2, 0.25) is 0 Å². The van der Waals surface area contributed by atoms with E-state index in [9.17, 15) is 0 Å². The molecule has 0 aliphatic rings. The summed E-state index contributed by atoms with van der Waals surface area (Å²) in [5.74, 6) is 4.23. The Morgan fingerprint density at radius 1 is 1.07 bits per heavy atom. The first-order valence-electron chi connectivity index (χ1n) is 5.16. The van der Waals surface area contributed by atoms with Crippen molar-refractivity contribution in [3.63, 3.8) is 0 Å². The van der Waals surface area contributed by atoms with Crippen LogP contribution in [0.4, 0.5) is 0 Å². The van der Waals surface area contributed by atoms with Crippen LogP contribution in [-0.2, 0) is 0 Å². The predicted molar refractivity (Wildman–Crippen MR) is 61.2 cm³/mol. The summed E-state index contributed by atoms with van der Waals surface area (Å²) in [6.45, 7) is 3.39. The van der Waals surface area contributed by atoms with Crippen LogP contribution in [-0.4, -0.2) is 13.2 Å². The van der Waals surface area contributed by atoms with Crippen LogP contribution in [0.3, 0.4) is 0 Å². The van der Waals surface area contributed by atoms with Crippen LogP contribution in [0.1, 0.15) is 19.8 Å². The quantitative estimate of drug-likeness (QED) is 0.524. The average molecular weight is 204 g/mol. The number of hydrogen-bond acceptors (Lipinski definition) is 2. The molecule has 0 saturated carbocycles. The van der Waals surface area contributed by atoms with Gasteiger partial charge in [0.1, 0.15) is 11.5 Å². The predicted octanol–water partition coefficient (Wildman–Crippen LogP) is 2.88. The Bertz CT molecular complexity index is 308. The van der Waals surface area contributed by atoms with Gasteiger partial charge in [0.15, 0.2) is 0 Å². The minimum absolute atomic E-state index is 0.561. The molecule has 2 nitrogen and oxygen atoms in total. The van der Waals surface area contributed by atoms with Crippen molar-refractivity contribution < 1.29 is 9.47 Å². The second-order valence-electron chi connectivity index (χ2n) is 3.12. The molecule has 0 spiro atoms. The third kappa shape index (κ3) is 4.42. The fourth-order valence-electron chi connectivity index (χ4n) is 1.08. The lowest BCUT2D eigenvalue weighted by atomic mass is 10.3. The molecule has 0 heterocycles. The molecule has 0 saturated heterocycles. The molecule has 0 N–H and O–H groups in total. The number of hydrogen-bond donors (Lipinski definition) is 0. The summed E-state index contributed by atoms with van der Waals surface area (Å²) in [5, 5.41) is 0. The first-order chi connectivity index (χ1) is 7.36. The molecule has 0 unspecified atom stereocenters. The molecule has 0 aliphatic heterocycles. The van der Waals surface area contributed by atoms with Crippen LogP contribution in [0.15, 0.2) is 24.3 Å². The SMILES string of the molecule is C#CCCOc1ccc(OCCC)cc1. The highest BCUT2D eigenvalue weighted by Crippen LogP contribution is 2.17. The van der Waals surface area contributed by atoms with E-state index in [1.165, 1.54) is 0 Å². The topological polar surface area (TPSA) is 18.5 Å². The minimum atomic E-state index is 0.561. The van der Waals surface area contributed by atoms with Gasteiger partial charge in [-0.3, -0.25) is 0 Å². The highest BCUT2D eigenvalue weighted by molar-refractivity contribution is 5.31. The van der Waals surface area contributed by atoms with Crippen molar-refractivity contribution in [1.82, 2.24) is 0 Å². The van der Waals surface area contributed by atoms with E-state index in [0.29, 0.717) is 13.0 Å². The summed E-state index contributed by atoms with van der Waals surface area (Å²) >= 11 is 0. The second kappa shape index (κ2) is 6.78. The van der Waals surface area contributed by atoms with Crippen LogP contribution >= 0.6 is 0 Å². The Morgan fingerprint density at radius 2 is 1.60 bits per heavy atom. The zero-order chi connectivity index (χ0) is 10.9. The van der Waals surface area contributed by atoms with E-state index in [-0.39, 0.29) is 0 Å². The molecule has 1 aromatic rings. The van der Waals surface area contributed by atoms with Crippen molar-refractivity contribution in [2.45, 2.75) is 19.8 Å². The summed E-state index contributed by atoms with van der Waals surface area (Å²) in [5.41, 5.74) is 0. The Morgan fingerprint density at radius 3 is 2.07 bits per heavy atom. The van der Waals surface area contributed by atoms with E-state index in [0.717, 1.165) is 24.5 Å². The van der Waals surface area contributed by atoms with Gasteiger partial charge in [0.2, 0.25) is 0 Å². The maximum atomic E-state index is 5.45. The molecule has 0 aromatic heterocycles.